The monoisotopic (exact) mass is 286 g/mol. The Labute approximate surface area is 114 Å². The predicted octanol–water partition coefficient (Wildman–Crippen LogP) is 4.29. The zero-order valence-corrected chi connectivity index (χ0v) is 11.4. The molecule has 17 heavy (non-hydrogen) atoms. The lowest BCUT2D eigenvalue weighted by atomic mass is 10.2. The van der Waals surface area contributed by atoms with Crippen molar-refractivity contribution in [2.45, 2.75) is 6.42 Å². The first kappa shape index (κ1) is 12.6. The summed E-state index contributed by atoms with van der Waals surface area (Å²) in [7, 11) is 0. The molecular formula is C12H12Cl2N2S. The van der Waals surface area contributed by atoms with Crippen LogP contribution in [-0.2, 0) is 6.42 Å². The van der Waals surface area contributed by atoms with E-state index in [1.165, 1.54) is 4.88 Å². The number of thiophene rings is 1. The summed E-state index contributed by atoms with van der Waals surface area (Å²) >= 11 is 13.4. The van der Waals surface area contributed by atoms with Gasteiger partial charge in [0.25, 0.3) is 0 Å². The van der Waals surface area contributed by atoms with Crippen molar-refractivity contribution in [2.75, 3.05) is 17.6 Å². The number of benzene rings is 1. The van der Waals surface area contributed by atoms with Crippen LogP contribution in [0.2, 0.25) is 9.36 Å². The molecule has 0 saturated heterocycles. The van der Waals surface area contributed by atoms with Crippen LogP contribution >= 0.6 is 34.5 Å². The van der Waals surface area contributed by atoms with E-state index in [-0.39, 0.29) is 0 Å². The normalized spacial score (nSPS) is 10.5. The van der Waals surface area contributed by atoms with Crippen molar-refractivity contribution in [3.8, 4) is 0 Å². The average Bonchev–Trinajstić information content (AvgIpc) is 2.70. The van der Waals surface area contributed by atoms with Gasteiger partial charge in [-0.2, -0.15) is 0 Å². The second-order valence-electron chi connectivity index (χ2n) is 3.58. The molecule has 0 aliphatic heterocycles. The zero-order chi connectivity index (χ0) is 12.3. The van der Waals surface area contributed by atoms with E-state index in [2.05, 4.69) is 5.32 Å². The summed E-state index contributed by atoms with van der Waals surface area (Å²) in [6.07, 6.45) is 0.920. The summed E-state index contributed by atoms with van der Waals surface area (Å²) in [6, 6.07) is 9.53. The molecule has 2 rings (SSSR count). The number of halogens is 2. The van der Waals surface area contributed by atoms with E-state index in [9.17, 15) is 0 Å². The number of anilines is 2. The molecule has 2 nitrogen and oxygen atoms in total. The number of rotatable bonds is 4. The van der Waals surface area contributed by atoms with E-state index in [0.717, 1.165) is 23.0 Å². The molecule has 0 aliphatic carbocycles. The van der Waals surface area contributed by atoms with Crippen LogP contribution < -0.4 is 11.1 Å². The van der Waals surface area contributed by atoms with E-state index in [0.29, 0.717) is 10.7 Å². The Morgan fingerprint density at radius 1 is 1.18 bits per heavy atom. The van der Waals surface area contributed by atoms with Crippen LogP contribution in [0.5, 0.6) is 0 Å². The molecule has 1 aromatic carbocycles. The van der Waals surface area contributed by atoms with Crippen molar-refractivity contribution in [3.63, 3.8) is 0 Å². The lowest BCUT2D eigenvalue weighted by Crippen LogP contribution is -2.06. The number of hydrogen-bond acceptors (Lipinski definition) is 3. The minimum absolute atomic E-state index is 0.578. The molecule has 0 bridgehead atoms. The van der Waals surface area contributed by atoms with E-state index in [1.807, 2.05) is 24.3 Å². The highest BCUT2D eigenvalue weighted by Gasteiger charge is 2.02. The highest BCUT2D eigenvalue weighted by Crippen LogP contribution is 2.27. The topological polar surface area (TPSA) is 38.0 Å². The molecule has 90 valence electrons. The maximum absolute atomic E-state index is 5.93. The van der Waals surface area contributed by atoms with Gasteiger partial charge in [0.2, 0.25) is 0 Å². The van der Waals surface area contributed by atoms with Gasteiger partial charge in [0.1, 0.15) is 0 Å². The standard InChI is InChI=1S/C12H12Cl2N2S/c13-9-2-1-3-10(12(9)15)16-7-6-8-4-5-11(14)17-8/h1-5,16H,6-7,15H2. The first-order chi connectivity index (χ1) is 8.16. The summed E-state index contributed by atoms with van der Waals surface area (Å²) in [5.41, 5.74) is 7.32. The zero-order valence-electron chi connectivity index (χ0n) is 9.04. The van der Waals surface area contributed by atoms with Crippen LogP contribution in [-0.4, -0.2) is 6.54 Å². The fourth-order valence-corrected chi connectivity index (χ4v) is 2.76. The third-order valence-electron chi connectivity index (χ3n) is 2.37. The molecule has 0 unspecified atom stereocenters. The molecule has 0 amide bonds. The molecule has 2 aromatic rings. The van der Waals surface area contributed by atoms with E-state index in [1.54, 1.807) is 17.4 Å². The lowest BCUT2D eigenvalue weighted by Gasteiger charge is -2.09. The van der Waals surface area contributed by atoms with Gasteiger partial charge in [-0.05, 0) is 30.7 Å². The van der Waals surface area contributed by atoms with Gasteiger partial charge in [0.05, 0.1) is 20.7 Å². The van der Waals surface area contributed by atoms with Gasteiger partial charge >= 0.3 is 0 Å². The molecule has 0 atom stereocenters. The molecule has 5 heteroatoms. The lowest BCUT2D eigenvalue weighted by molar-refractivity contribution is 1.05. The highest BCUT2D eigenvalue weighted by molar-refractivity contribution is 7.16. The Hall–Kier alpha value is -0.900. The molecule has 0 fully saturated rings. The Morgan fingerprint density at radius 2 is 2.00 bits per heavy atom. The van der Waals surface area contributed by atoms with Crippen LogP contribution in [0.1, 0.15) is 4.88 Å². The highest BCUT2D eigenvalue weighted by atomic mass is 35.5. The first-order valence-electron chi connectivity index (χ1n) is 5.19. The Morgan fingerprint density at radius 3 is 2.71 bits per heavy atom. The van der Waals surface area contributed by atoms with Crippen molar-refractivity contribution >= 4 is 45.9 Å². The number of nitrogens with one attached hydrogen (secondary N) is 1. The summed E-state index contributed by atoms with van der Waals surface area (Å²) in [5, 5.41) is 3.84. The summed E-state index contributed by atoms with van der Waals surface area (Å²) in [4.78, 5) is 1.25. The Kier molecular flexibility index (Phi) is 4.15. The average molecular weight is 287 g/mol. The van der Waals surface area contributed by atoms with Crippen LogP contribution in [0.25, 0.3) is 0 Å². The fourth-order valence-electron chi connectivity index (χ4n) is 1.50. The quantitative estimate of drug-likeness (QED) is 0.823. The Balaban J connectivity index is 1.92. The van der Waals surface area contributed by atoms with Crippen molar-refractivity contribution in [1.29, 1.82) is 0 Å². The molecule has 0 aliphatic rings. The summed E-state index contributed by atoms with van der Waals surface area (Å²) in [6.45, 7) is 0.807. The smallest absolute Gasteiger partial charge is 0.0931 e. The largest absolute Gasteiger partial charge is 0.396 e. The maximum atomic E-state index is 5.93. The number of para-hydroxylation sites is 1. The van der Waals surface area contributed by atoms with Crippen LogP contribution in [0.4, 0.5) is 11.4 Å². The van der Waals surface area contributed by atoms with E-state index < -0.39 is 0 Å². The van der Waals surface area contributed by atoms with Crippen molar-refractivity contribution < 1.29 is 0 Å². The van der Waals surface area contributed by atoms with Crippen LogP contribution in [0.15, 0.2) is 30.3 Å². The number of nitrogens with two attached hydrogens (primary N) is 1. The molecular weight excluding hydrogens is 275 g/mol. The molecule has 3 N–H and O–H groups in total. The van der Waals surface area contributed by atoms with E-state index in [4.69, 9.17) is 28.9 Å². The minimum atomic E-state index is 0.578. The maximum Gasteiger partial charge on any atom is 0.0931 e. The molecule has 0 spiro atoms. The van der Waals surface area contributed by atoms with Gasteiger partial charge in [-0.25, -0.2) is 0 Å². The van der Waals surface area contributed by atoms with Crippen LogP contribution in [0, 0.1) is 0 Å². The van der Waals surface area contributed by atoms with Crippen molar-refractivity contribution in [2.24, 2.45) is 0 Å². The van der Waals surface area contributed by atoms with Gasteiger partial charge in [0, 0.05) is 11.4 Å². The summed E-state index contributed by atoms with van der Waals surface area (Å²) in [5.74, 6) is 0. The SMILES string of the molecule is Nc1c(Cl)cccc1NCCc1ccc(Cl)s1. The van der Waals surface area contributed by atoms with Crippen LogP contribution in [0.3, 0.4) is 0 Å². The third kappa shape index (κ3) is 3.28. The van der Waals surface area contributed by atoms with Gasteiger partial charge in [-0.1, -0.05) is 29.3 Å². The third-order valence-corrected chi connectivity index (χ3v) is 3.99. The number of nitrogen functional groups attached to an aromatic ring is 1. The summed E-state index contributed by atoms with van der Waals surface area (Å²) < 4.78 is 0.822. The molecule has 1 aromatic heterocycles. The van der Waals surface area contributed by atoms with E-state index >= 15 is 0 Å². The van der Waals surface area contributed by atoms with Crippen molar-refractivity contribution in [1.82, 2.24) is 0 Å². The van der Waals surface area contributed by atoms with Gasteiger partial charge in [-0.3, -0.25) is 0 Å². The first-order valence-corrected chi connectivity index (χ1v) is 6.76. The van der Waals surface area contributed by atoms with Gasteiger partial charge in [0.15, 0.2) is 0 Å². The fraction of sp³-hybridized carbons (Fsp3) is 0.167. The molecule has 1 heterocycles. The van der Waals surface area contributed by atoms with Crippen molar-refractivity contribution in [3.05, 3.63) is 44.6 Å². The predicted molar refractivity (Wildman–Crippen MR) is 77.4 cm³/mol. The molecule has 0 saturated carbocycles. The van der Waals surface area contributed by atoms with Gasteiger partial charge < -0.3 is 11.1 Å². The Bertz CT molecular complexity index is 511. The second kappa shape index (κ2) is 5.63. The number of hydrogen-bond donors (Lipinski definition) is 2. The van der Waals surface area contributed by atoms with Gasteiger partial charge in [-0.15, -0.1) is 11.3 Å². The molecule has 0 radical (unpaired) electrons. The minimum Gasteiger partial charge on any atom is -0.396 e. The second-order valence-corrected chi connectivity index (χ2v) is 5.79.